The van der Waals surface area contributed by atoms with Gasteiger partial charge in [-0.25, -0.2) is 0 Å². The molecular formula is C24H28N4O4. The number of fused-ring (bicyclic) bond motifs is 1. The first-order chi connectivity index (χ1) is 15.5. The number of furan rings is 1. The Bertz CT molecular complexity index is 1140. The molecule has 0 radical (unpaired) electrons. The van der Waals surface area contributed by atoms with Gasteiger partial charge in [0, 0.05) is 30.6 Å². The molecule has 2 aromatic heterocycles. The second-order valence-corrected chi connectivity index (χ2v) is 8.19. The van der Waals surface area contributed by atoms with Crippen LogP contribution in [-0.4, -0.2) is 42.8 Å². The Hall–Kier alpha value is -3.55. The molecule has 0 saturated heterocycles. The zero-order chi connectivity index (χ0) is 22.7. The topological polar surface area (TPSA) is 116 Å². The highest BCUT2D eigenvalue weighted by atomic mass is 16.4. The van der Waals surface area contributed by atoms with Crippen LogP contribution in [0, 0.1) is 5.92 Å². The van der Waals surface area contributed by atoms with Gasteiger partial charge in [0.05, 0.1) is 0 Å². The van der Waals surface area contributed by atoms with Crippen molar-refractivity contribution in [3.8, 4) is 11.3 Å². The highest BCUT2D eigenvalue weighted by Gasteiger charge is 2.31. The maximum atomic E-state index is 12.9. The fourth-order valence-corrected chi connectivity index (χ4v) is 4.39. The Balaban J connectivity index is 1.52. The van der Waals surface area contributed by atoms with Crippen LogP contribution in [0.2, 0.25) is 0 Å². The van der Waals surface area contributed by atoms with Crippen LogP contribution in [-0.2, 0) is 4.79 Å². The van der Waals surface area contributed by atoms with Crippen LogP contribution in [0.1, 0.15) is 53.1 Å². The predicted molar refractivity (Wildman–Crippen MR) is 121 cm³/mol. The van der Waals surface area contributed by atoms with Crippen molar-refractivity contribution >= 4 is 28.6 Å². The van der Waals surface area contributed by atoms with E-state index in [4.69, 9.17) is 4.42 Å². The van der Waals surface area contributed by atoms with Crippen molar-refractivity contribution in [2.75, 3.05) is 14.1 Å². The summed E-state index contributed by atoms with van der Waals surface area (Å²) in [5.41, 5.74) is 2.04. The summed E-state index contributed by atoms with van der Waals surface area (Å²) in [5, 5.41) is 9.03. The molecule has 4 rings (SSSR count). The third-order valence-corrected chi connectivity index (χ3v) is 6.15. The second-order valence-electron chi connectivity index (χ2n) is 8.19. The zero-order valence-electron chi connectivity index (χ0n) is 18.3. The summed E-state index contributed by atoms with van der Waals surface area (Å²) in [6.07, 6.45) is 5.16. The number of carbonyl (C=O) groups is 3. The Morgan fingerprint density at radius 2 is 1.75 bits per heavy atom. The van der Waals surface area contributed by atoms with Crippen LogP contribution in [0.4, 0.5) is 0 Å². The third kappa shape index (κ3) is 4.39. The SMILES string of the molecule is CNC(=O)c1cc2ccc(-c3ccc(C(=O)NC(C(=O)NC)C4CCCCC4)o3)cc2[nH]1. The molecule has 1 fully saturated rings. The molecule has 1 aromatic carbocycles. The molecule has 1 aliphatic rings. The minimum Gasteiger partial charge on any atom is -0.451 e. The highest BCUT2D eigenvalue weighted by Crippen LogP contribution is 2.28. The largest absolute Gasteiger partial charge is 0.451 e. The molecule has 0 aliphatic heterocycles. The van der Waals surface area contributed by atoms with Crippen molar-refractivity contribution < 1.29 is 18.8 Å². The number of hydrogen-bond donors (Lipinski definition) is 4. The molecule has 1 saturated carbocycles. The van der Waals surface area contributed by atoms with Gasteiger partial charge in [0.1, 0.15) is 17.5 Å². The molecule has 3 amide bonds. The van der Waals surface area contributed by atoms with Crippen molar-refractivity contribution in [3.63, 3.8) is 0 Å². The first kappa shape index (κ1) is 21.7. The lowest BCUT2D eigenvalue weighted by atomic mass is 9.83. The predicted octanol–water partition coefficient (Wildman–Crippen LogP) is 3.21. The summed E-state index contributed by atoms with van der Waals surface area (Å²) in [7, 11) is 3.17. The molecule has 1 aliphatic carbocycles. The number of benzene rings is 1. The van der Waals surface area contributed by atoms with Gasteiger partial charge in [-0.05, 0) is 43.0 Å². The van der Waals surface area contributed by atoms with Crippen molar-refractivity contribution in [2.24, 2.45) is 5.92 Å². The number of likely N-dealkylation sites (N-methyl/N-ethyl adjacent to an activating group) is 1. The molecule has 3 aromatic rings. The smallest absolute Gasteiger partial charge is 0.287 e. The quantitative estimate of drug-likeness (QED) is 0.475. The van der Waals surface area contributed by atoms with Crippen molar-refractivity contribution in [2.45, 2.75) is 38.1 Å². The van der Waals surface area contributed by atoms with Gasteiger partial charge in [0.2, 0.25) is 5.91 Å². The van der Waals surface area contributed by atoms with Crippen LogP contribution in [0.25, 0.3) is 22.2 Å². The lowest BCUT2D eigenvalue weighted by Gasteiger charge is -2.29. The average Bonchev–Trinajstić information content (AvgIpc) is 3.49. The van der Waals surface area contributed by atoms with E-state index in [0.717, 1.165) is 42.1 Å². The van der Waals surface area contributed by atoms with Crippen LogP contribution >= 0.6 is 0 Å². The Morgan fingerprint density at radius 1 is 0.969 bits per heavy atom. The van der Waals surface area contributed by atoms with Crippen LogP contribution in [0.5, 0.6) is 0 Å². The van der Waals surface area contributed by atoms with Gasteiger partial charge in [-0.1, -0.05) is 31.4 Å². The molecule has 1 unspecified atom stereocenters. The van der Waals surface area contributed by atoms with E-state index in [1.165, 1.54) is 6.42 Å². The van der Waals surface area contributed by atoms with Gasteiger partial charge >= 0.3 is 0 Å². The van der Waals surface area contributed by atoms with E-state index in [2.05, 4.69) is 20.9 Å². The average molecular weight is 437 g/mol. The van der Waals surface area contributed by atoms with Gasteiger partial charge in [-0.3, -0.25) is 14.4 Å². The molecule has 168 valence electrons. The molecule has 1 atom stereocenters. The fraction of sp³-hybridized carbons (Fsp3) is 0.375. The Morgan fingerprint density at radius 3 is 2.47 bits per heavy atom. The number of carbonyl (C=O) groups excluding carboxylic acids is 3. The standard InChI is InChI=1S/C24H28N4O4/c1-25-22(29)18-12-15-8-9-16(13-17(15)27-18)19-10-11-20(32-19)23(30)28-21(24(31)26-2)14-6-4-3-5-7-14/h8-14,21,27H,3-7H2,1-2H3,(H,25,29)(H,26,31)(H,28,30). The maximum absolute atomic E-state index is 12.9. The number of nitrogens with one attached hydrogen (secondary N) is 4. The summed E-state index contributed by atoms with van der Waals surface area (Å²) >= 11 is 0. The second kappa shape index (κ2) is 9.30. The van der Waals surface area contributed by atoms with E-state index in [1.54, 1.807) is 32.3 Å². The lowest BCUT2D eigenvalue weighted by Crippen LogP contribution is -2.50. The number of aromatic nitrogens is 1. The van der Waals surface area contributed by atoms with Gasteiger partial charge in [-0.2, -0.15) is 0 Å². The molecule has 4 N–H and O–H groups in total. The number of rotatable bonds is 6. The van der Waals surface area contributed by atoms with E-state index >= 15 is 0 Å². The third-order valence-electron chi connectivity index (χ3n) is 6.15. The lowest BCUT2D eigenvalue weighted by molar-refractivity contribution is -0.124. The Labute approximate surface area is 186 Å². The highest BCUT2D eigenvalue weighted by molar-refractivity contribution is 5.99. The van der Waals surface area contributed by atoms with Gasteiger partial charge in [0.25, 0.3) is 11.8 Å². The molecule has 0 bridgehead atoms. The summed E-state index contributed by atoms with van der Waals surface area (Å²) < 4.78 is 5.82. The maximum Gasteiger partial charge on any atom is 0.287 e. The number of H-pyrrole nitrogens is 1. The van der Waals surface area contributed by atoms with Crippen molar-refractivity contribution in [1.82, 2.24) is 20.9 Å². The molecule has 8 nitrogen and oxygen atoms in total. The summed E-state index contributed by atoms with van der Waals surface area (Å²) in [6.45, 7) is 0. The number of amides is 3. The van der Waals surface area contributed by atoms with Crippen molar-refractivity contribution in [3.05, 3.63) is 47.9 Å². The molecular weight excluding hydrogens is 408 g/mol. The van der Waals surface area contributed by atoms with E-state index in [1.807, 2.05) is 18.2 Å². The monoisotopic (exact) mass is 436 g/mol. The van der Waals surface area contributed by atoms with Crippen molar-refractivity contribution in [1.29, 1.82) is 0 Å². The van der Waals surface area contributed by atoms with E-state index in [-0.39, 0.29) is 23.5 Å². The van der Waals surface area contributed by atoms with E-state index < -0.39 is 11.9 Å². The van der Waals surface area contributed by atoms with Crippen LogP contribution < -0.4 is 16.0 Å². The minimum absolute atomic E-state index is 0.131. The van der Waals surface area contributed by atoms with Crippen LogP contribution in [0.15, 0.2) is 40.8 Å². The molecule has 2 heterocycles. The molecule has 8 heteroatoms. The Kier molecular flexibility index (Phi) is 6.30. The molecule has 0 spiro atoms. The first-order valence-corrected chi connectivity index (χ1v) is 11.0. The van der Waals surface area contributed by atoms with E-state index in [0.29, 0.717) is 11.5 Å². The normalized spacial score (nSPS) is 15.3. The zero-order valence-corrected chi connectivity index (χ0v) is 18.3. The summed E-state index contributed by atoms with van der Waals surface area (Å²) in [4.78, 5) is 40.2. The first-order valence-electron chi connectivity index (χ1n) is 11.0. The van der Waals surface area contributed by atoms with Gasteiger partial charge in [0.15, 0.2) is 5.76 Å². The summed E-state index contributed by atoms with van der Waals surface area (Å²) in [5.74, 6) is 0.0410. The fourth-order valence-electron chi connectivity index (χ4n) is 4.39. The molecule has 32 heavy (non-hydrogen) atoms. The van der Waals surface area contributed by atoms with E-state index in [9.17, 15) is 14.4 Å². The van der Waals surface area contributed by atoms with Crippen LogP contribution in [0.3, 0.4) is 0 Å². The van der Waals surface area contributed by atoms with Gasteiger partial charge < -0.3 is 25.4 Å². The minimum atomic E-state index is -0.570. The number of hydrogen-bond acceptors (Lipinski definition) is 4. The number of aromatic amines is 1. The summed E-state index contributed by atoms with van der Waals surface area (Å²) in [6, 6.07) is 10.2. The van der Waals surface area contributed by atoms with Gasteiger partial charge in [-0.15, -0.1) is 0 Å².